The summed E-state index contributed by atoms with van der Waals surface area (Å²) in [6.45, 7) is 4.19. The van der Waals surface area contributed by atoms with Gasteiger partial charge in [0.25, 0.3) is 5.91 Å². The Morgan fingerprint density at radius 2 is 2.08 bits per heavy atom. The molecule has 140 valence electrons. The SMILES string of the molecule is Cc1nn(C)cc1CNCC1(O)CCCN(CCc2ccccc2)C1=O. The molecule has 0 saturated carbocycles. The normalized spacial score (nSPS) is 20.6. The summed E-state index contributed by atoms with van der Waals surface area (Å²) in [5.41, 5.74) is 1.94. The van der Waals surface area contributed by atoms with Crippen LogP contribution in [-0.2, 0) is 24.8 Å². The molecule has 1 aliphatic heterocycles. The summed E-state index contributed by atoms with van der Waals surface area (Å²) in [5.74, 6) is -0.157. The van der Waals surface area contributed by atoms with Crippen molar-refractivity contribution < 1.29 is 9.90 Å². The Kier molecular flexibility index (Phi) is 5.74. The van der Waals surface area contributed by atoms with E-state index in [2.05, 4.69) is 22.5 Å². The first kappa shape index (κ1) is 18.6. The van der Waals surface area contributed by atoms with Gasteiger partial charge in [-0.25, -0.2) is 0 Å². The molecule has 0 radical (unpaired) electrons. The number of aromatic nitrogens is 2. The second-order valence-corrected chi connectivity index (χ2v) is 7.18. The van der Waals surface area contributed by atoms with Gasteiger partial charge in [0.1, 0.15) is 0 Å². The van der Waals surface area contributed by atoms with Crippen molar-refractivity contribution in [2.45, 2.75) is 38.3 Å². The van der Waals surface area contributed by atoms with Crippen LogP contribution < -0.4 is 5.32 Å². The third-order valence-corrected chi connectivity index (χ3v) is 5.06. The monoisotopic (exact) mass is 356 g/mol. The second-order valence-electron chi connectivity index (χ2n) is 7.18. The molecule has 0 aliphatic carbocycles. The summed E-state index contributed by atoms with van der Waals surface area (Å²) in [6, 6.07) is 10.1. The van der Waals surface area contributed by atoms with Gasteiger partial charge >= 0.3 is 0 Å². The van der Waals surface area contributed by atoms with Gasteiger partial charge in [-0.2, -0.15) is 5.10 Å². The molecular weight excluding hydrogens is 328 g/mol. The lowest BCUT2D eigenvalue weighted by molar-refractivity contribution is -0.156. The molecular formula is C20H28N4O2. The van der Waals surface area contributed by atoms with Gasteiger partial charge in [-0.05, 0) is 31.7 Å². The van der Waals surface area contributed by atoms with Crippen molar-refractivity contribution in [1.82, 2.24) is 20.0 Å². The number of rotatable bonds is 7. The summed E-state index contributed by atoms with van der Waals surface area (Å²) >= 11 is 0. The van der Waals surface area contributed by atoms with Gasteiger partial charge in [0.2, 0.25) is 0 Å². The fourth-order valence-electron chi connectivity index (χ4n) is 3.58. The fourth-order valence-corrected chi connectivity index (χ4v) is 3.58. The van der Waals surface area contributed by atoms with E-state index in [1.807, 2.05) is 38.4 Å². The van der Waals surface area contributed by atoms with Crippen LogP contribution in [0.25, 0.3) is 0 Å². The van der Waals surface area contributed by atoms with E-state index in [9.17, 15) is 9.90 Å². The third-order valence-electron chi connectivity index (χ3n) is 5.06. The van der Waals surface area contributed by atoms with Gasteiger partial charge < -0.3 is 15.3 Å². The number of likely N-dealkylation sites (tertiary alicyclic amines) is 1. The topological polar surface area (TPSA) is 70.4 Å². The van der Waals surface area contributed by atoms with Gasteiger partial charge in [0.15, 0.2) is 5.60 Å². The number of piperidine rings is 1. The fraction of sp³-hybridized carbons (Fsp3) is 0.500. The van der Waals surface area contributed by atoms with Crippen LogP contribution in [0.3, 0.4) is 0 Å². The average molecular weight is 356 g/mol. The van der Waals surface area contributed by atoms with E-state index in [4.69, 9.17) is 0 Å². The zero-order chi connectivity index (χ0) is 18.6. The molecule has 2 heterocycles. The molecule has 26 heavy (non-hydrogen) atoms. The number of carbonyl (C=O) groups excluding carboxylic acids is 1. The molecule has 1 aliphatic rings. The Hall–Kier alpha value is -2.18. The lowest BCUT2D eigenvalue weighted by Crippen LogP contribution is -2.58. The molecule has 1 fully saturated rings. The van der Waals surface area contributed by atoms with E-state index in [0.29, 0.717) is 19.5 Å². The molecule has 1 unspecified atom stereocenters. The maximum Gasteiger partial charge on any atom is 0.255 e. The highest BCUT2D eigenvalue weighted by molar-refractivity contribution is 5.86. The number of hydrogen-bond acceptors (Lipinski definition) is 4. The smallest absolute Gasteiger partial charge is 0.255 e. The van der Waals surface area contributed by atoms with Crippen LogP contribution in [0.5, 0.6) is 0 Å². The minimum atomic E-state index is -1.31. The minimum absolute atomic E-state index is 0.157. The second kappa shape index (κ2) is 8.01. The van der Waals surface area contributed by atoms with Gasteiger partial charge in [0.05, 0.1) is 5.69 Å². The molecule has 1 saturated heterocycles. The van der Waals surface area contributed by atoms with E-state index < -0.39 is 5.60 Å². The number of aliphatic hydroxyl groups is 1. The van der Waals surface area contributed by atoms with Crippen LogP contribution in [-0.4, -0.2) is 50.9 Å². The lowest BCUT2D eigenvalue weighted by Gasteiger charge is -2.38. The van der Waals surface area contributed by atoms with Gasteiger partial charge in [-0.15, -0.1) is 0 Å². The van der Waals surface area contributed by atoms with Gasteiger partial charge in [-0.1, -0.05) is 30.3 Å². The van der Waals surface area contributed by atoms with E-state index in [1.165, 1.54) is 5.56 Å². The van der Waals surface area contributed by atoms with Crippen LogP contribution in [0.1, 0.15) is 29.7 Å². The molecule has 0 spiro atoms. The molecule has 1 aromatic carbocycles. The van der Waals surface area contributed by atoms with E-state index in [0.717, 1.165) is 30.6 Å². The highest BCUT2D eigenvalue weighted by Crippen LogP contribution is 2.22. The van der Waals surface area contributed by atoms with Crippen LogP contribution in [0.15, 0.2) is 36.5 Å². The quantitative estimate of drug-likeness (QED) is 0.787. The minimum Gasteiger partial charge on any atom is -0.379 e. The van der Waals surface area contributed by atoms with E-state index in [-0.39, 0.29) is 12.5 Å². The van der Waals surface area contributed by atoms with Crippen LogP contribution in [0.4, 0.5) is 0 Å². The molecule has 1 amide bonds. The van der Waals surface area contributed by atoms with Crippen LogP contribution in [0, 0.1) is 6.92 Å². The number of benzene rings is 1. The first-order valence-electron chi connectivity index (χ1n) is 9.23. The van der Waals surface area contributed by atoms with Crippen molar-refractivity contribution in [2.75, 3.05) is 19.6 Å². The standard InChI is InChI=1S/C20H28N4O2/c1-16-18(14-23(2)22-16)13-21-15-20(26)10-6-11-24(19(20)25)12-9-17-7-4-3-5-8-17/h3-5,7-8,14,21,26H,6,9-13,15H2,1-2H3. The summed E-state index contributed by atoms with van der Waals surface area (Å²) in [4.78, 5) is 14.6. The molecule has 2 N–H and O–H groups in total. The molecule has 6 heteroatoms. The summed E-state index contributed by atoms with van der Waals surface area (Å²) < 4.78 is 1.78. The average Bonchev–Trinajstić information content (AvgIpc) is 2.95. The highest BCUT2D eigenvalue weighted by Gasteiger charge is 2.41. The zero-order valence-corrected chi connectivity index (χ0v) is 15.6. The molecule has 1 aromatic heterocycles. The number of carbonyl (C=O) groups is 1. The number of hydrogen-bond donors (Lipinski definition) is 2. The number of nitrogens with zero attached hydrogens (tertiary/aromatic N) is 3. The van der Waals surface area contributed by atoms with E-state index in [1.54, 1.807) is 9.58 Å². The van der Waals surface area contributed by atoms with E-state index >= 15 is 0 Å². The van der Waals surface area contributed by atoms with Crippen molar-refractivity contribution in [3.63, 3.8) is 0 Å². The van der Waals surface area contributed by atoms with Crippen molar-refractivity contribution in [2.24, 2.45) is 7.05 Å². The molecule has 2 aromatic rings. The number of aryl methyl sites for hydroxylation is 2. The Morgan fingerprint density at radius 3 is 2.77 bits per heavy atom. The van der Waals surface area contributed by atoms with Crippen molar-refractivity contribution in [3.8, 4) is 0 Å². The maximum atomic E-state index is 12.8. The molecule has 3 rings (SSSR count). The highest BCUT2D eigenvalue weighted by atomic mass is 16.3. The lowest BCUT2D eigenvalue weighted by atomic mass is 9.91. The molecule has 6 nitrogen and oxygen atoms in total. The van der Waals surface area contributed by atoms with Crippen LogP contribution >= 0.6 is 0 Å². The number of nitrogens with one attached hydrogen (secondary N) is 1. The first-order valence-corrected chi connectivity index (χ1v) is 9.23. The summed E-state index contributed by atoms with van der Waals surface area (Å²) in [6.07, 6.45) is 4.10. The summed E-state index contributed by atoms with van der Waals surface area (Å²) in [5, 5.41) is 18.4. The first-order chi connectivity index (χ1) is 12.5. The largest absolute Gasteiger partial charge is 0.379 e. The zero-order valence-electron chi connectivity index (χ0n) is 15.6. The van der Waals surface area contributed by atoms with Crippen molar-refractivity contribution >= 4 is 5.91 Å². The predicted octanol–water partition coefficient (Wildman–Crippen LogP) is 1.41. The van der Waals surface area contributed by atoms with Crippen molar-refractivity contribution in [3.05, 3.63) is 53.3 Å². The Bertz CT molecular complexity index is 744. The maximum absolute atomic E-state index is 12.8. The van der Waals surface area contributed by atoms with Gasteiger partial charge in [0, 0.05) is 45.0 Å². The number of amides is 1. The summed E-state index contributed by atoms with van der Waals surface area (Å²) in [7, 11) is 1.89. The van der Waals surface area contributed by atoms with Crippen molar-refractivity contribution in [1.29, 1.82) is 0 Å². The Morgan fingerprint density at radius 1 is 1.31 bits per heavy atom. The van der Waals surface area contributed by atoms with Gasteiger partial charge in [-0.3, -0.25) is 9.48 Å². The predicted molar refractivity (Wildman–Crippen MR) is 101 cm³/mol. The third kappa shape index (κ3) is 4.31. The van der Waals surface area contributed by atoms with Crippen LogP contribution in [0.2, 0.25) is 0 Å². The Balaban J connectivity index is 1.54. The molecule has 1 atom stereocenters. The Labute approximate surface area is 154 Å². The molecule has 0 bridgehead atoms.